The van der Waals surface area contributed by atoms with Gasteiger partial charge in [-0.3, -0.25) is 4.98 Å². The van der Waals surface area contributed by atoms with Gasteiger partial charge in [-0.25, -0.2) is 0 Å². The number of aromatic nitrogens is 1. The minimum atomic E-state index is 0.0985. The Morgan fingerprint density at radius 3 is 2.72 bits per heavy atom. The summed E-state index contributed by atoms with van der Waals surface area (Å²) >= 11 is 0. The minimum Gasteiger partial charge on any atom is -0.396 e. The Morgan fingerprint density at radius 1 is 1.33 bits per heavy atom. The molecule has 100 valence electrons. The van der Waals surface area contributed by atoms with E-state index in [0.717, 1.165) is 25.1 Å². The number of hydrogen-bond donors (Lipinski definition) is 2. The van der Waals surface area contributed by atoms with Gasteiger partial charge in [0.05, 0.1) is 5.69 Å². The molecule has 0 spiro atoms. The zero-order valence-electron chi connectivity index (χ0n) is 11.2. The Hall–Kier alpha value is -0.930. The van der Waals surface area contributed by atoms with Crippen molar-refractivity contribution in [2.24, 2.45) is 5.41 Å². The van der Waals surface area contributed by atoms with Crippen molar-refractivity contribution >= 4 is 0 Å². The highest BCUT2D eigenvalue weighted by Gasteiger charge is 2.31. The van der Waals surface area contributed by atoms with Crippen LogP contribution in [0.25, 0.3) is 0 Å². The maximum Gasteiger partial charge on any atom is 0.0570 e. The van der Waals surface area contributed by atoms with Crippen molar-refractivity contribution in [2.45, 2.75) is 45.1 Å². The van der Waals surface area contributed by atoms with E-state index in [4.69, 9.17) is 0 Å². The van der Waals surface area contributed by atoms with Crippen LogP contribution in [0, 0.1) is 5.41 Å². The van der Waals surface area contributed by atoms with Crippen LogP contribution < -0.4 is 5.32 Å². The van der Waals surface area contributed by atoms with Crippen LogP contribution in [0.3, 0.4) is 0 Å². The first-order valence-electron chi connectivity index (χ1n) is 7.01. The van der Waals surface area contributed by atoms with E-state index in [1.54, 1.807) is 0 Å². The van der Waals surface area contributed by atoms with Crippen molar-refractivity contribution in [2.75, 3.05) is 13.2 Å². The maximum absolute atomic E-state index is 9.67. The van der Waals surface area contributed by atoms with Gasteiger partial charge < -0.3 is 10.4 Å². The van der Waals surface area contributed by atoms with Gasteiger partial charge in [0.1, 0.15) is 0 Å². The average Bonchev–Trinajstić information content (AvgIpc) is 2.47. The van der Waals surface area contributed by atoms with Gasteiger partial charge >= 0.3 is 0 Å². The van der Waals surface area contributed by atoms with Crippen molar-refractivity contribution in [1.82, 2.24) is 10.3 Å². The molecule has 18 heavy (non-hydrogen) atoms. The Kier molecular flexibility index (Phi) is 4.72. The second kappa shape index (κ2) is 6.30. The quantitative estimate of drug-likeness (QED) is 0.842. The highest BCUT2D eigenvalue weighted by molar-refractivity contribution is 5.07. The molecule has 1 fully saturated rings. The van der Waals surface area contributed by atoms with Gasteiger partial charge in [-0.1, -0.05) is 25.3 Å². The Balaban J connectivity index is 1.90. The molecule has 0 bridgehead atoms. The van der Waals surface area contributed by atoms with Crippen molar-refractivity contribution in [3.63, 3.8) is 0 Å². The lowest BCUT2D eigenvalue weighted by molar-refractivity contribution is 0.0787. The van der Waals surface area contributed by atoms with Crippen molar-refractivity contribution in [1.29, 1.82) is 0 Å². The molecule has 0 unspecified atom stereocenters. The lowest BCUT2D eigenvalue weighted by Gasteiger charge is -2.36. The van der Waals surface area contributed by atoms with Crippen molar-refractivity contribution in [3.8, 4) is 0 Å². The number of aliphatic hydroxyl groups is 1. The fourth-order valence-corrected chi connectivity index (χ4v) is 2.80. The summed E-state index contributed by atoms with van der Waals surface area (Å²) in [6, 6.07) is 6.25. The molecule has 3 nitrogen and oxygen atoms in total. The molecule has 0 aliphatic heterocycles. The van der Waals surface area contributed by atoms with Gasteiger partial charge in [-0.2, -0.15) is 0 Å². The van der Waals surface area contributed by atoms with E-state index in [1.807, 2.05) is 24.4 Å². The second-order valence-electron chi connectivity index (χ2n) is 5.58. The molecule has 1 saturated carbocycles. The third-order valence-electron chi connectivity index (χ3n) is 4.16. The summed E-state index contributed by atoms with van der Waals surface area (Å²) in [4.78, 5) is 4.37. The summed E-state index contributed by atoms with van der Waals surface area (Å²) in [6.07, 6.45) is 7.94. The standard InChI is InChI=1S/C15H24N2O/c1-13(14-7-3-6-10-16-14)17-11-15(12-18)8-4-2-5-9-15/h3,6-7,10,13,17-18H,2,4-5,8-9,11-12H2,1H3/t13-/m0/s1. The molecule has 1 aliphatic rings. The Labute approximate surface area is 110 Å². The minimum absolute atomic E-state index is 0.0985. The van der Waals surface area contributed by atoms with E-state index in [-0.39, 0.29) is 11.5 Å². The molecule has 3 heteroatoms. The van der Waals surface area contributed by atoms with Crippen LogP contribution in [0.15, 0.2) is 24.4 Å². The van der Waals surface area contributed by atoms with Gasteiger partial charge in [-0.15, -0.1) is 0 Å². The number of nitrogens with zero attached hydrogens (tertiary/aromatic N) is 1. The third kappa shape index (κ3) is 3.30. The van der Waals surface area contributed by atoms with Crippen LogP contribution in [0.4, 0.5) is 0 Å². The Bertz CT molecular complexity index is 347. The van der Waals surface area contributed by atoms with Gasteiger partial charge in [0, 0.05) is 30.8 Å². The van der Waals surface area contributed by atoms with Gasteiger partial charge in [0.25, 0.3) is 0 Å². The van der Waals surface area contributed by atoms with Crippen LogP contribution in [0.1, 0.15) is 50.8 Å². The molecule has 2 N–H and O–H groups in total. The fourth-order valence-electron chi connectivity index (χ4n) is 2.80. The zero-order chi connectivity index (χ0) is 12.8. The summed E-state index contributed by atoms with van der Waals surface area (Å²) in [7, 11) is 0. The average molecular weight is 248 g/mol. The van der Waals surface area contributed by atoms with E-state index in [1.165, 1.54) is 19.3 Å². The molecule has 1 aromatic heterocycles. The van der Waals surface area contributed by atoms with E-state index in [2.05, 4.69) is 17.2 Å². The second-order valence-corrected chi connectivity index (χ2v) is 5.58. The first kappa shape index (κ1) is 13.5. The number of hydrogen-bond acceptors (Lipinski definition) is 3. The van der Waals surface area contributed by atoms with Crippen LogP contribution >= 0.6 is 0 Å². The highest BCUT2D eigenvalue weighted by Crippen LogP contribution is 2.35. The summed E-state index contributed by atoms with van der Waals surface area (Å²) < 4.78 is 0. The zero-order valence-corrected chi connectivity index (χ0v) is 11.2. The number of nitrogens with one attached hydrogen (secondary N) is 1. The Morgan fingerprint density at radius 2 is 2.11 bits per heavy atom. The van der Waals surface area contributed by atoms with E-state index < -0.39 is 0 Å². The number of aliphatic hydroxyl groups excluding tert-OH is 1. The van der Waals surface area contributed by atoms with Gasteiger partial charge in [0.2, 0.25) is 0 Å². The molecule has 0 saturated heterocycles. The van der Waals surface area contributed by atoms with Crippen LogP contribution in [0.2, 0.25) is 0 Å². The molecule has 0 radical (unpaired) electrons. The van der Waals surface area contributed by atoms with Crippen LogP contribution in [0.5, 0.6) is 0 Å². The van der Waals surface area contributed by atoms with Crippen LogP contribution in [-0.4, -0.2) is 23.2 Å². The van der Waals surface area contributed by atoms with Gasteiger partial charge in [0.15, 0.2) is 0 Å². The lowest BCUT2D eigenvalue weighted by Crippen LogP contribution is -2.40. The molecule has 0 aromatic carbocycles. The van der Waals surface area contributed by atoms with Gasteiger partial charge in [-0.05, 0) is 31.9 Å². The number of rotatable bonds is 5. The van der Waals surface area contributed by atoms with E-state index >= 15 is 0 Å². The molecule has 1 aromatic rings. The lowest BCUT2D eigenvalue weighted by atomic mass is 9.74. The smallest absolute Gasteiger partial charge is 0.0570 e. The normalized spacial score (nSPS) is 20.6. The van der Waals surface area contributed by atoms with Crippen molar-refractivity contribution < 1.29 is 5.11 Å². The van der Waals surface area contributed by atoms with Crippen molar-refractivity contribution in [3.05, 3.63) is 30.1 Å². The third-order valence-corrected chi connectivity index (χ3v) is 4.16. The monoisotopic (exact) mass is 248 g/mol. The van der Waals surface area contributed by atoms with Crippen LogP contribution in [-0.2, 0) is 0 Å². The molecule has 1 heterocycles. The molecule has 1 atom stereocenters. The predicted octanol–water partition coefficient (Wildman–Crippen LogP) is 2.68. The summed E-state index contributed by atoms with van der Waals surface area (Å²) in [5.41, 5.74) is 1.17. The molecule has 0 amide bonds. The first-order valence-corrected chi connectivity index (χ1v) is 7.01. The first-order chi connectivity index (χ1) is 8.76. The van der Waals surface area contributed by atoms with E-state index in [9.17, 15) is 5.11 Å². The topological polar surface area (TPSA) is 45.1 Å². The largest absolute Gasteiger partial charge is 0.396 e. The summed E-state index contributed by atoms with van der Waals surface area (Å²) in [6.45, 7) is 3.33. The summed E-state index contributed by atoms with van der Waals surface area (Å²) in [5.74, 6) is 0. The molecule has 1 aliphatic carbocycles. The maximum atomic E-state index is 9.67. The predicted molar refractivity (Wildman–Crippen MR) is 73.3 cm³/mol. The summed E-state index contributed by atoms with van der Waals surface area (Å²) in [5, 5.41) is 13.2. The molecule has 2 rings (SSSR count). The highest BCUT2D eigenvalue weighted by atomic mass is 16.3. The SMILES string of the molecule is C[C@H](NCC1(CO)CCCCC1)c1ccccn1. The molecular weight excluding hydrogens is 224 g/mol. The fraction of sp³-hybridized carbons (Fsp3) is 0.667. The van der Waals surface area contributed by atoms with E-state index in [0.29, 0.717) is 6.61 Å². The number of pyridine rings is 1. The molecular formula is C15H24N2O.